The van der Waals surface area contributed by atoms with Gasteiger partial charge in [-0.05, 0) is 25.2 Å². The smallest absolute Gasteiger partial charge is 0.327 e. The monoisotopic (exact) mass is 295 g/mol. The number of carbonyl (C=O) groups excluding carboxylic acids is 2. The van der Waals surface area contributed by atoms with Crippen molar-refractivity contribution in [2.75, 3.05) is 0 Å². The van der Waals surface area contributed by atoms with Crippen molar-refractivity contribution in [2.24, 2.45) is 17.8 Å². The van der Waals surface area contributed by atoms with Crippen molar-refractivity contribution in [1.82, 2.24) is 4.90 Å². The van der Waals surface area contributed by atoms with Gasteiger partial charge in [0.15, 0.2) is 0 Å². The molecule has 0 aliphatic carbocycles. The van der Waals surface area contributed by atoms with Gasteiger partial charge in [0.2, 0.25) is 11.8 Å². The minimum Gasteiger partial charge on any atom is -0.480 e. The first-order valence-corrected chi connectivity index (χ1v) is 7.72. The Kier molecular flexibility index (Phi) is 3.51. The standard InChI is InChI=1S/C15H21NO5/c1-3-4-7(2)12(15(19)20)16-13(17)10-8-5-6-9(21-8)11(10)14(16)18/h7-12H,3-6H2,1-2H3,(H,19,20)/t7-,8-,9+,10?,11?,12?/m0/s1. The summed E-state index contributed by atoms with van der Waals surface area (Å²) in [6, 6.07) is -1.05. The number of ether oxygens (including phenoxy) is 1. The lowest BCUT2D eigenvalue weighted by Gasteiger charge is -2.29. The third kappa shape index (κ3) is 1.99. The van der Waals surface area contributed by atoms with E-state index in [1.807, 2.05) is 6.92 Å². The number of carboxylic acids is 1. The SMILES string of the molecule is CCC[C@H](C)C(C(=O)O)N1C(=O)C2C(C1=O)[C@H]1CC[C@@H]2O1. The first kappa shape index (κ1) is 14.5. The lowest BCUT2D eigenvalue weighted by atomic mass is 9.81. The summed E-state index contributed by atoms with van der Waals surface area (Å²) in [6.45, 7) is 3.76. The number of rotatable bonds is 5. The molecule has 2 amide bonds. The van der Waals surface area contributed by atoms with Gasteiger partial charge in [0.05, 0.1) is 24.0 Å². The minimum absolute atomic E-state index is 0.197. The molecular weight excluding hydrogens is 274 g/mol. The molecule has 3 saturated heterocycles. The molecule has 3 unspecified atom stereocenters. The fourth-order valence-corrected chi connectivity index (χ4v) is 4.23. The molecule has 0 radical (unpaired) electrons. The molecule has 0 aromatic carbocycles. The number of hydrogen-bond donors (Lipinski definition) is 1. The molecular formula is C15H21NO5. The first-order valence-electron chi connectivity index (χ1n) is 7.72. The molecule has 0 saturated carbocycles. The summed E-state index contributed by atoms with van der Waals surface area (Å²) in [7, 11) is 0. The summed E-state index contributed by atoms with van der Waals surface area (Å²) in [4.78, 5) is 37.9. The number of likely N-dealkylation sites (tertiary alicyclic amines) is 1. The molecule has 3 rings (SSSR count). The molecule has 1 N–H and O–H groups in total. The molecule has 0 spiro atoms. The molecule has 0 aromatic heterocycles. The van der Waals surface area contributed by atoms with Crippen molar-refractivity contribution in [2.45, 2.75) is 57.8 Å². The van der Waals surface area contributed by atoms with Gasteiger partial charge >= 0.3 is 5.97 Å². The van der Waals surface area contributed by atoms with Gasteiger partial charge in [0, 0.05) is 0 Å². The molecule has 3 heterocycles. The Morgan fingerprint density at radius 1 is 1.29 bits per heavy atom. The zero-order chi connectivity index (χ0) is 15.3. The maximum atomic E-state index is 12.6. The van der Waals surface area contributed by atoms with Gasteiger partial charge in [-0.2, -0.15) is 0 Å². The van der Waals surface area contributed by atoms with Crippen LogP contribution in [0.4, 0.5) is 0 Å². The van der Waals surface area contributed by atoms with Crippen molar-refractivity contribution in [3.8, 4) is 0 Å². The molecule has 3 aliphatic heterocycles. The molecule has 6 atom stereocenters. The van der Waals surface area contributed by atoms with Gasteiger partial charge in [-0.25, -0.2) is 4.79 Å². The third-order valence-electron chi connectivity index (χ3n) is 5.13. The zero-order valence-electron chi connectivity index (χ0n) is 12.3. The maximum absolute atomic E-state index is 12.6. The van der Waals surface area contributed by atoms with Gasteiger partial charge in [-0.3, -0.25) is 14.5 Å². The molecule has 0 aromatic rings. The Labute approximate surface area is 123 Å². The van der Waals surface area contributed by atoms with Crippen LogP contribution in [0.25, 0.3) is 0 Å². The summed E-state index contributed by atoms with van der Waals surface area (Å²) in [5.41, 5.74) is 0. The number of hydrogen-bond acceptors (Lipinski definition) is 4. The second-order valence-electron chi connectivity index (χ2n) is 6.44. The van der Waals surface area contributed by atoms with E-state index in [9.17, 15) is 19.5 Å². The van der Waals surface area contributed by atoms with E-state index in [0.717, 1.165) is 24.2 Å². The fraction of sp³-hybridized carbons (Fsp3) is 0.800. The summed E-state index contributed by atoms with van der Waals surface area (Å²) in [5.74, 6) is -2.91. The Morgan fingerprint density at radius 2 is 1.81 bits per heavy atom. The molecule has 21 heavy (non-hydrogen) atoms. The highest BCUT2D eigenvalue weighted by atomic mass is 16.5. The van der Waals surface area contributed by atoms with Crippen molar-refractivity contribution < 1.29 is 24.2 Å². The Morgan fingerprint density at radius 3 is 2.24 bits per heavy atom. The molecule has 116 valence electrons. The highest BCUT2D eigenvalue weighted by molar-refractivity contribution is 6.08. The molecule has 3 aliphatic rings. The quantitative estimate of drug-likeness (QED) is 0.766. The van der Waals surface area contributed by atoms with Crippen LogP contribution in [0, 0.1) is 17.8 Å². The normalized spacial score (nSPS) is 37.0. The number of fused-ring (bicyclic) bond motifs is 5. The maximum Gasteiger partial charge on any atom is 0.327 e. The van der Waals surface area contributed by atoms with E-state index in [0.29, 0.717) is 6.42 Å². The largest absolute Gasteiger partial charge is 0.480 e. The minimum atomic E-state index is -1.09. The summed E-state index contributed by atoms with van der Waals surface area (Å²) >= 11 is 0. The van der Waals surface area contributed by atoms with Crippen molar-refractivity contribution in [3.05, 3.63) is 0 Å². The van der Waals surface area contributed by atoms with Crippen LogP contribution in [0.5, 0.6) is 0 Å². The second-order valence-corrected chi connectivity index (χ2v) is 6.44. The first-order chi connectivity index (χ1) is 9.97. The zero-order valence-corrected chi connectivity index (χ0v) is 12.3. The van der Waals surface area contributed by atoms with Crippen LogP contribution in [0.3, 0.4) is 0 Å². The van der Waals surface area contributed by atoms with E-state index in [-0.39, 0.29) is 29.9 Å². The van der Waals surface area contributed by atoms with E-state index in [1.165, 1.54) is 0 Å². The van der Waals surface area contributed by atoms with Crippen LogP contribution in [0.2, 0.25) is 0 Å². The number of imide groups is 1. The summed E-state index contributed by atoms with van der Waals surface area (Å²) < 4.78 is 5.66. The van der Waals surface area contributed by atoms with Crippen molar-refractivity contribution in [1.29, 1.82) is 0 Å². The highest BCUT2D eigenvalue weighted by Crippen LogP contribution is 2.49. The lowest BCUT2D eigenvalue weighted by molar-refractivity contribution is -0.159. The summed E-state index contributed by atoms with van der Waals surface area (Å²) in [6.07, 6.45) is 2.69. The van der Waals surface area contributed by atoms with E-state index in [2.05, 4.69) is 0 Å². The van der Waals surface area contributed by atoms with Crippen LogP contribution >= 0.6 is 0 Å². The highest BCUT2D eigenvalue weighted by Gasteiger charge is 2.64. The molecule has 2 bridgehead atoms. The molecule has 6 nitrogen and oxygen atoms in total. The van der Waals surface area contributed by atoms with Gasteiger partial charge < -0.3 is 9.84 Å². The Bertz CT molecular complexity index is 462. The fourth-order valence-electron chi connectivity index (χ4n) is 4.23. The number of carboxylic acid groups (broad SMARTS) is 1. The lowest BCUT2D eigenvalue weighted by Crippen LogP contribution is -2.50. The Hall–Kier alpha value is -1.43. The van der Waals surface area contributed by atoms with Gasteiger partial charge in [-0.15, -0.1) is 0 Å². The molecule has 3 fully saturated rings. The van der Waals surface area contributed by atoms with Crippen LogP contribution in [-0.2, 0) is 19.1 Å². The van der Waals surface area contributed by atoms with Crippen molar-refractivity contribution in [3.63, 3.8) is 0 Å². The van der Waals surface area contributed by atoms with Gasteiger partial charge in [0.25, 0.3) is 0 Å². The predicted octanol–water partition coefficient (Wildman–Crippen LogP) is 1.04. The summed E-state index contributed by atoms with van der Waals surface area (Å²) in [5, 5.41) is 9.50. The van der Waals surface area contributed by atoms with E-state index in [4.69, 9.17) is 4.74 Å². The number of amides is 2. The van der Waals surface area contributed by atoms with Crippen LogP contribution in [-0.4, -0.2) is 46.0 Å². The second kappa shape index (κ2) is 5.09. The Balaban J connectivity index is 1.89. The van der Waals surface area contributed by atoms with Gasteiger partial charge in [0.1, 0.15) is 6.04 Å². The van der Waals surface area contributed by atoms with Crippen LogP contribution < -0.4 is 0 Å². The average Bonchev–Trinajstić information content (AvgIpc) is 3.08. The van der Waals surface area contributed by atoms with Crippen LogP contribution in [0.1, 0.15) is 39.5 Å². The number of carbonyl (C=O) groups is 3. The molecule has 6 heteroatoms. The van der Waals surface area contributed by atoms with E-state index >= 15 is 0 Å². The number of nitrogens with zero attached hydrogens (tertiary/aromatic N) is 1. The van der Waals surface area contributed by atoms with E-state index < -0.39 is 23.8 Å². The third-order valence-corrected chi connectivity index (χ3v) is 5.13. The van der Waals surface area contributed by atoms with Crippen LogP contribution in [0.15, 0.2) is 0 Å². The number of aliphatic carboxylic acids is 1. The predicted molar refractivity (Wildman–Crippen MR) is 72.2 cm³/mol. The average molecular weight is 295 g/mol. The topological polar surface area (TPSA) is 83.9 Å². The van der Waals surface area contributed by atoms with Crippen molar-refractivity contribution >= 4 is 17.8 Å². The van der Waals surface area contributed by atoms with Gasteiger partial charge in [-0.1, -0.05) is 20.3 Å². The van der Waals surface area contributed by atoms with E-state index in [1.54, 1.807) is 6.92 Å².